The van der Waals surface area contributed by atoms with Gasteiger partial charge in [-0.15, -0.1) is 0 Å². The first-order valence-electron chi connectivity index (χ1n) is 10.8. The smallest absolute Gasteiger partial charge is 0.274 e. The topological polar surface area (TPSA) is 126 Å². The fraction of sp³-hybridized carbons (Fsp3) is 0.115. The van der Waals surface area contributed by atoms with E-state index in [4.69, 9.17) is 14.7 Å². The molecule has 1 aliphatic heterocycles. The number of rotatable bonds is 8. The van der Waals surface area contributed by atoms with Gasteiger partial charge in [-0.3, -0.25) is 19.6 Å². The molecule has 1 atom stereocenters. The molecule has 0 aliphatic carbocycles. The summed E-state index contributed by atoms with van der Waals surface area (Å²) in [6.07, 6.45) is 3.26. The Morgan fingerprint density at radius 2 is 1.69 bits per heavy atom. The van der Waals surface area contributed by atoms with Gasteiger partial charge in [0.05, 0.1) is 0 Å². The maximum atomic E-state index is 13.0. The average Bonchev–Trinajstić information content (AvgIpc) is 3.35. The highest BCUT2D eigenvalue weighted by molar-refractivity contribution is 6.00. The number of benzene rings is 3. The first-order valence-corrected chi connectivity index (χ1v) is 10.8. The molecular weight excluding hydrogens is 450 g/mol. The number of hydroxylamine groups is 1. The summed E-state index contributed by atoms with van der Waals surface area (Å²) in [6, 6.07) is 19.8. The van der Waals surface area contributed by atoms with Crippen LogP contribution in [0.3, 0.4) is 0 Å². The van der Waals surface area contributed by atoms with Crippen LogP contribution in [0.5, 0.6) is 11.5 Å². The highest BCUT2D eigenvalue weighted by Crippen LogP contribution is 2.32. The third-order valence-electron chi connectivity index (χ3n) is 5.26. The van der Waals surface area contributed by atoms with Crippen molar-refractivity contribution in [2.45, 2.75) is 12.5 Å². The molecule has 178 valence electrons. The number of hydrogen-bond donors (Lipinski definition) is 4. The number of nitrogens with one attached hydrogen (secondary N) is 3. The first kappa shape index (κ1) is 23.5. The number of hydrogen-bond acceptors (Lipinski definition) is 6. The number of carbonyl (C=O) groups is 3. The third kappa shape index (κ3) is 6.24. The van der Waals surface area contributed by atoms with Crippen molar-refractivity contribution in [3.63, 3.8) is 0 Å². The largest absolute Gasteiger partial charge is 0.454 e. The van der Waals surface area contributed by atoms with Gasteiger partial charge in [-0.25, -0.2) is 5.48 Å². The minimum atomic E-state index is -0.855. The lowest BCUT2D eigenvalue weighted by molar-refractivity contribution is -0.123. The van der Waals surface area contributed by atoms with E-state index in [2.05, 4.69) is 10.6 Å². The van der Waals surface area contributed by atoms with Crippen molar-refractivity contribution in [2.24, 2.45) is 0 Å². The van der Waals surface area contributed by atoms with Crippen LogP contribution < -0.4 is 25.6 Å². The molecule has 35 heavy (non-hydrogen) atoms. The highest BCUT2D eigenvalue weighted by Gasteiger charge is 2.21. The van der Waals surface area contributed by atoms with E-state index in [0.29, 0.717) is 17.2 Å². The Morgan fingerprint density at radius 1 is 0.943 bits per heavy atom. The van der Waals surface area contributed by atoms with Crippen molar-refractivity contribution in [3.8, 4) is 11.5 Å². The van der Waals surface area contributed by atoms with E-state index in [1.807, 2.05) is 30.3 Å². The van der Waals surface area contributed by atoms with Crippen LogP contribution in [-0.4, -0.2) is 35.8 Å². The fourth-order valence-electron chi connectivity index (χ4n) is 3.47. The number of anilines is 1. The summed E-state index contributed by atoms with van der Waals surface area (Å²) in [5.41, 5.74) is 3.85. The molecule has 3 aromatic rings. The van der Waals surface area contributed by atoms with Gasteiger partial charge in [0.2, 0.25) is 18.6 Å². The van der Waals surface area contributed by atoms with Crippen molar-refractivity contribution in [2.75, 3.05) is 12.1 Å². The number of ether oxygens (including phenoxy) is 2. The van der Waals surface area contributed by atoms with Crippen LogP contribution in [0.25, 0.3) is 6.08 Å². The van der Waals surface area contributed by atoms with Gasteiger partial charge >= 0.3 is 0 Å². The maximum absolute atomic E-state index is 13.0. The summed E-state index contributed by atoms with van der Waals surface area (Å²) in [4.78, 5) is 37.2. The van der Waals surface area contributed by atoms with Crippen molar-refractivity contribution in [3.05, 3.63) is 95.6 Å². The molecule has 1 aliphatic rings. The average molecular weight is 473 g/mol. The minimum absolute atomic E-state index is 0.163. The SMILES string of the molecule is O=C(C=Cc1ccc2c(c1)OCO2)NC(Cc1ccccc1)C(=O)Nc1ccc(C(=O)NO)cc1. The van der Waals surface area contributed by atoms with Crippen molar-refractivity contribution in [1.82, 2.24) is 10.8 Å². The highest BCUT2D eigenvalue weighted by atomic mass is 16.7. The molecule has 9 nitrogen and oxygen atoms in total. The van der Waals surface area contributed by atoms with E-state index < -0.39 is 23.8 Å². The Bertz CT molecular complexity index is 1240. The van der Waals surface area contributed by atoms with Gasteiger partial charge in [-0.1, -0.05) is 36.4 Å². The molecule has 0 saturated carbocycles. The van der Waals surface area contributed by atoms with Gasteiger partial charge in [0.25, 0.3) is 5.91 Å². The zero-order valence-corrected chi connectivity index (χ0v) is 18.6. The van der Waals surface area contributed by atoms with Gasteiger partial charge in [0.15, 0.2) is 11.5 Å². The van der Waals surface area contributed by atoms with E-state index >= 15 is 0 Å². The molecule has 0 aromatic heterocycles. The second kappa shape index (κ2) is 11.0. The van der Waals surface area contributed by atoms with Crippen LogP contribution in [0.4, 0.5) is 5.69 Å². The summed E-state index contributed by atoms with van der Waals surface area (Å²) < 4.78 is 10.6. The van der Waals surface area contributed by atoms with Crippen LogP contribution in [0.2, 0.25) is 0 Å². The molecular formula is C26H23N3O6. The Morgan fingerprint density at radius 3 is 2.43 bits per heavy atom. The van der Waals surface area contributed by atoms with Crippen molar-refractivity contribution >= 4 is 29.5 Å². The Labute approximate surface area is 201 Å². The van der Waals surface area contributed by atoms with Crippen LogP contribution >= 0.6 is 0 Å². The Hall–Kier alpha value is -4.63. The number of fused-ring (bicyclic) bond motifs is 1. The molecule has 1 heterocycles. The second-order valence-corrected chi connectivity index (χ2v) is 7.70. The zero-order valence-electron chi connectivity index (χ0n) is 18.6. The molecule has 3 amide bonds. The quantitative estimate of drug-likeness (QED) is 0.226. The van der Waals surface area contributed by atoms with Crippen LogP contribution in [-0.2, 0) is 16.0 Å². The summed E-state index contributed by atoms with van der Waals surface area (Å²) in [7, 11) is 0. The molecule has 4 rings (SSSR count). The molecule has 0 fully saturated rings. The third-order valence-corrected chi connectivity index (χ3v) is 5.26. The van der Waals surface area contributed by atoms with Gasteiger partial charge in [-0.05, 0) is 53.6 Å². The number of carbonyl (C=O) groups excluding carboxylic acids is 3. The normalized spacial score (nSPS) is 12.7. The van der Waals surface area contributed by atoms with Gasteiger partial charge < -0.3 is 20.1 Å². The molecule has 3 aromatic carbocycles. The van der Waals surface area contributed by atoms with Gasteiger partial charge in [0, 0.05) is 23.7 Å². The molecule has 0 radical (unpaired) electrons. The van der Waals surface area contributed by atoms with Crippen LogP contribution in [0.1, 0.15) is 21.5 Å². The molecule has 0 spiro atoms. The molecule has 4 N–H and O–H groups in total. The molecule has 9 heteroatoms. The monoisotopic (exact) mass is 473 g/mol. The first-order chi connectivity index (χ1) is 17.0. The van der Waals surface area contributed by atoms with E-state index in [1.54, 1.807) is 29.8 Å². The summed E-state index contributed by atoms with van der Waals surface area (Å²) in [6.45, 7) is 0.163. The fourth-order valence-corrected chi connectivity index (χ4v) is 3.47. The molecule has 0 bridgehead atoms. The standard InChI is InChI=1S/C26H23N3O6/c30-24(13-7-18-6-12-22-23(15-18)35-16-34-22)28-21(14-17-4-2-1-3-5-17)26(32)27-20-10-8-19(9-11-20)25(31)29-33/h1-13,15,21,33H,14,16H2,(H,27,32)(H,28,30)(H,29,31). The van der Waals surface area contributed by atoms with E-state index in [0.717, 1.165) is 11.1 Å². The Balaban J connectivity index is 1.45. The lowest BCUT2D eigenvalue weighted by Gasteiger charge is -2.18. The van der Waals surface area contributed by atoms with Gasteiger partial charge in [-0.2, -0.15) is 0 Å². The predicted octanol–water partition coefficient (Wildman–Crippen LogP) is 2.91. The summed E-state index contributed by atoms with van der Waals surface area (Å²) in [5.74, 6) is -0.259. The van der Waals surface area contributed by atoms with E-state index in [9.17, 15) is 14.4 Å². The van der Waals surface area contributed by atoms with Crippen molar-refractivity contribution in [1.29, 1.82) is 0 Å². The minimum Gasteiger partial charge on any atom is -0.454 e. The zero-order chi connectivity index (χ0) is 24.6. The summed E-state index contributed by atoms with van der Waals surface area (Å²) in [5, 5.41) is 14.2. The van der Waals surface area contributed by atoms with Crippen molar-refractivity contribution < 1.29 is 29.1 Å². The lowest BCUT2D eigenvalue weighted by Crippen LogP contribution is -2.44. The van der Waals surface area contributed by atoms with Gasteiger partial charge in [0.1, 0.15) is 6.04 Å². The van der Waals surface area contributed by atoms with Crippen LogP contribution in [0.15, 0.2) is 78.9 Å². The lowest BCUT2D eigenvalue weighted by atomic mass is 10.0. The van der Waals surface area contributed by atoms with E-state index in [-0.39, 0.29) is 18.8 Å². The van der Waals surface area contributed by atoms with Crippen LogP contribution in [0, 0.1) is 0 Å². The number of amides is 3. The second-order valence-electron chi connectivity index (χ2n) is 7.70. The summed E-state index contributed by atoms with van der Waals surface area (Å²) >= 11 is 0. The Kier molecular flexibility index (Phi) is 7.39. The molecule has 1 unspecified atom stereocenters. The predicted molar refractivity (Wildman–Crippen MR) is 128 cm³/mol. The van der Waals surface area contributed by atoms with E-state index in [1.165, 1.54) is 30.3 Å². The maximum Gasteiger partial charge on any atom is 0.274 e. The molecule has 0 saturated heterocycles.